The molecule has 0 heterocycles. The Morgan fingerprint density at radius 3 is 2.21 bits per heavy atom. The zero-order valence-corrected chi connectivity index (χ0v) is 20.2. The molecule has 0 saturated carbocycles. The number of nitrogens with one attached hydrogen (secondary N) is 4. The van der Waals surface area contributed by atoms with Gasteiger partial charge in [0.1, 0.15) is 0 Å². The maximum Gasteiger partial charge on any atom is 0.279 e. The number of amides is 1. The van der Waals surface area contributed by atoms with Crippen molar-refractivity contribution >= 4 is 38.6 Å². The lowest BCUT2D eigenvalue weighted by Gasteiger charge is -2.10. The van der Waals surface area contributed by atoms with E-state index in [-0.39, 0.29) is 16.4 Å². The van der Waals surface area contributed by atoms with Crippen molar-refractivity contribution in [2.24, 2.45) is 10.8 Å². The molecule has 0 fully saturated rings. The second-order valence-corrected chi connectivity index (χ2v) is 9.64. The summed E-state index contributed by atoms with van der Waals surface area (Å²) in [6.45, 7) is 6.04. The maximum absolute atomic E-state index is 12.5. The fraction of sp³-hybridized carbons (Fsp3) is 0.348. The third kappa shape index (κ3) is 8.67. The van der Waals surface area contributed by atoms with Gasteiger partial charge in [0, 0.05) is 45.3 Å². The minimum absolute atomic E-state index is 0.0393. The molecule has 0 bridgehead atoms. The van der Waals surface area contributed by atoms with Crippen LogP contribution in [0.15, 0.2) is 58.5 Å². The normalized spacial score (nSPS) is 11.8. The second-order valence-electron chi connectivity index (χ2n) is 7.53. The number of carbonyl (C=O) groups is 2. The Kier molecular flexibility index (Phi) is 10.8. The molecule has 6 N–H and O–H groups in total. The van der Waals surface area contributed by atoms with Gasteiger partial charge in [-0.1, -0.05) is 18.2 Å². The van der Waals surface area contributed by atoms with Crippen molar-refractivity contribution in [2.45, 2.75) is 18.7 Å². The predicted octanol–water partition coefficient (Wildman–Crippen LogP) is 0.902. The maximum atomic E-state index is 12.5. The monoisotopic (exact) mass is 488 g/mol. The van der Waals surface area contributed by atoms with Crippen molar-refractivity contribution in [3.8, 4) is 0 Å². The second kappa shape index (κ2) is 13.6. The van der Waals surface area contributed by atoms with Crippen molar-refractivity contribution < 1.29 is 18.0 Å². The Balaban J connectivity index is 1.95. The van der Waals surface area contributed by atoms with Gasteiger partial charge in [0.25, 0.3) is 5.91 Å². The van der Waals surface area contributed by atoms with Crippen molar-refractivity contribution in [1.29, 1.82) is 0 Å². The number of anilines is 2. The van der Waals surface area contributed by atoms with E-state index < -0.39 is 21.5 Å². The third-order valence-corrected chi connectivity index (χ3v) is 6.53. The van der Waals surface area contributed by atoms with Gasteiger partial charge < -0.3 is 21.7 Å². The largest absolute Gasteiger partial charge is 0.329 e. The number of hydrogen-bond acceptors (Lipinski definition) is 9. The topological polar surface area (TPSA) is 155 Å². The van der Waals surface area contributed by atoms with Gasteiger partial charge in [-0.2, -0.15) is 5.10 Å². The SMILES string of the molecule is CC(=O)/C(=N\Nc1ccc(S(=O)(=O)CCNCCNCCN)cc1)C(=O)Nc1ccccc1C. The van der Waals surface area contributed by atoms with E-state index in [1.807, 2.05) is 19.1 Å². The minimum atomic E-state index is -3.46. The molecule has 0 saturated heterocycles. The van der Waals surface area contributed by atoms with Gasteiger partial charge in [0.05, 0.1) is 16.3 Å². The Bertz CT molecular complexity index is 1100. The fourth-order valence-corrected chi connectivity index (χ4v) is 4.09. The van der Waals surface area contributed by atoms with Crippen molar-refractivity contribution in [2.75, 3.05) is 49.2 Å². The van der Waals surface area contributed by atoms with Crippen LogP contribution in [0.25, 0.3) is 0 Å². The number of aryl methyl sites for hydroxylation is 1. The Hall–Kier alpha value is -3.12. The molecule has 184 valence electrons. The number of ketones is 1. The van der Waals surface area contributed by atoms with Crippen LogP contribution in [0.5, 0.6) is 0 Å². The standard InChI is InChI=1S/C23H32N6O4S/c1-17-5-3-4-6-21(17)27-23(31)22(18(2)30)29-28-19-7-9-20(10-8-19)34(32,33)16-15-26-14-13-25-12-11-24/h3-10,25-26,28H,11-16,24H2,1-2H3,(H,27,31)/b29-22+. The van der Waals surface area contributed by atoms with Crippen LogP contribution in [0.4, 0.5) is 11.4 Å². The molecule has 2 rings (SSSR count). The number of rotatable bonds is 14. The van der Waals surface area contributed by atoms with E-state index in [1.54, 1.807) is 12.1 Å². The number of carbonyl (C=O) groups excluding carboxylic acids is 2. The summed E-state index contributed by atoms with van der Waals surface area (Å²) in [5, 5.41) is 12.8. The molecule has 0 aromatic heterocycles. The molecular formula is C23H32N6O4S. The van der Waals surface area contributed by atoms with E-state index in [0.717, 1.165) is 12.1 Å². The molecule has 0 spiro atoms. The van der Waals surface area contributed by atoms with Crippen LogP contribution in [-0.4, -0.2) is 64.3 Å². The van der Waals surface area contributed by atoms with E-state index in [1.165, 1.54) is 31.2 Å². The predicted molar refractivity (Wildman–Crippen MR) is 135 cm³/mol. The highest BCUT2D eigenvalue weighted by atomic mass is 32.2. The molecule has 1 amide bonds. The lowest BCUT2D eigenvalue weighted by molar-refractivity contribution is -0.114. The van der Waals surface area contributed by atoms with Crippen LogP contribution in [0.2, 0.25) is 0 Å². The first-order valence-electron chi connectivity index (χ1n) is 10.9. The molecule has 10 nitrogen and oxygen atoms in total. The average Bonchev–Trinajstić information content (AvgIpc) is 2.80. The Morgan fingerprint density at radius 1 is 0.941 bits per heavy atom. The van der Waals surface area contributed by atoms with E-state index in [4.69, 9.17) is 5.73 Å². The summed E-state index contributed by atoms with van der Waals surface area (Å²) < 4.78 is 25.0. The summed E-state index contributed by atoms with van der Waals surface area (Å²) in [4.78, 5) is 24.6. The third-order valence-electron chi connectivity index (χ3n) is 4.80. The molecular weight excluding hydrogens is 456 g/mol. The van der Waals surface area contributed by atoms with E-state index in [2.05, 4.69) is 26.5 Å². The van der Waals surface area contributed by atoms with Crippen LogP contribution in [0.3, 0.4) is 0 Å². The highest BCUT2D eigenvalue weighted by molar-refractivity contribution is 7.91. The lowest BCUT2D eigenvalue weighted by atomic mass is 10.2. The van der Waals surface area contributed by atoms with E-state index in [0.29, 0.717) is 37.6 Å². The van der Waals surface area contributed by atoms with Gasteiger partial charge in [-0.3, -0.25) is 15.0 Å². The number of hydrogen-bond donors (Lipinski definition) is 5. The molecule has 0 atom stereocenters. The number of nitrogens with two attached hydrogens (primary N) is 1. The van der Waals surface area contributed by atoms with Crippen molar-refractivity contribution in [3.05, 3.63) is 54.1 Å². The zero-order chi connectivity index (χ0) is 25.0. The van der Waals surface area contributed by atoms with Gasteiger partial charge in [0.2, 0.25) is 0 Å². The summed E-state index contributed by atoms with van der Waals surface area (Å²) in [5.41, 5.74) is 9.60. The molecule has 0 aliphatic carbocycles. The van der Waals surface area contributed by atoms with Crippen LogP contribution < -0.4 is 27.1 Å². The number of para-hydroxylation sites is 1. The van der Waals surface area contributed by atoms with Crippen LogP contribution in [0.1, 0.15) is 12.5 Å². The van der Waals surface area contributed by atoms with Crippen LogP contribution >= 0.6 is 0 Å². The quantitative estimate of drug-likeness (QED) is 0.114. The minimum Gasteiger partial charge on any atom is -0.329 e. The molecule has 2 aromatic rings. The first-order chi connectivity index (χ1) is 16.2. The summed E-state index contributed by atoms with van der Waals surface area (Å²) in [6, 6.07) is 13.1. The summed E-state index contributed by atoms with van der Waals surface area (Å²) in [7, 11) is -3.46. The van der Waals surface area contributed by atoms with E-state index >= 15 is 0 Å². The molecule has 0 aliphatic heterocycles. The summed E-state index contributed by atoms with van der Waals surface area (Å²) in [5.74, 6) is -1.19. The van der Waals surface area contributed by atoms with Gasteiger partial charge in [-0.25, -0.2) is 8.42 Å². The van der Waals surface area contributed by atoms with Gasteiger partial charge in [-0.15, -0.1) is 0 Å². The Labute approximate surface area is 200 Å². The number of hydrazone groups is 1. The highest BCUT2D eigenvalue weighted by Gasteiger charge is 2.18. The summed E-state index contributed by atoms with van der Waals surface area (Å²) in [6.07, 6.45) is 0. The molecule has 0 aliphatic rings. The molecule has 34 heavy (non-hydrogen) atoms. The van der Waals surface area contributed by atoms with Crippen molar-refractivity contribution in [1.82, 2.24) is 10.6 Å². The lowest BCUT2D eigenvalue weighted by Crippen LogP contribution is -2.32. The first-order valence-corrected chi connectivity index (χ1v) is 12.6. The zero-order valence-electron chi connectivity index (χ0n) is 19.4. The number of sulfone groups is 1. The van der Waals surface area contributed by atoms with Gasteiger partial charge in [-0.05, 0) is 42.8 Å². The molecule has 2 aromatic carbocycles. The van der Waals surface area contributed by atoms with E-state index in [9.17, 15) is 18.0 Å². The Morgan fingerprint density at radius 2 is 1.59 bits per heavy atom. The first kappa shape index (κ1) is 27.1. The number of nitrogens with zero attached hydrogens (tertiary/aromatic N) is 1. The number of Topliss-reactive ketones (excluding diaryl/α,β-unsaturated/α-hetero) is 1. The highest BCUT2D eigenvalue weighted by Crippen LogP contribution is 2.16. The summed E-state index contributed by atoms with van der Waals surface area (Å²) >= 11 is 0. The molecule has 0 radical (unpaired) electrons. The fourth-order valence-electron chi connectivity index (χ4n) is 2.89. The van der Waals surface area contributed by atoms with Crippen molar-refractivity contribution in [3.63, 3.8) is 0 Å². The van der Waals surface area contributed by atoms with Gasteiger partial charge >= 0.3 is 0 Å². The number of benzene rings is 2. The van der Waals surface area contributed by atoms with Crippen LogP contribution in [-0.2, 0) is 19.4 Å². The van der Waals surface area contributed by atoms with Crippen LogP contribution in [0, 0.1) is 6.92 Å². The molecule has 11 heteroatoms. The smallest absolute Gasteiger partial charge is 0.279 e. The molecule has 0 unspecified atom stereocenters. The average molecular weight is 489 g/mol. The van der Waals surface area contributed by atoms with Gasteiger partial charge in [0.15, 0.2) is 21.3 Å².